The topological polar surface area (TPSA) is 34.1 Å². The van der Waals surface area contributed by atoms with Crippen molar-refractivity contribution in [2.75, 3.05) is 11.5 Å². The summed E-state index contributed by atoms with van der Waals surface area (Å²) in [5, 5.41) is 0. The monoisotopic (exact) mass is 242 g/mol. The second kappa shape index (κ2) is 3.63. The summed E-state index contributed by atoms with van der Waals surface area (Å²) in [5.74, 6) is 0.337. The van der Waals surface area contributed by atoms with Gasteiger partial charge in [-0.2, -0.15) is 0 Å². The lowest BCUT2D eigenvalue weighted by Gasteiger charge is -2.37. The molecule has 0 aromatic rings. The van der Waals surface area contributed by atoms with Crippen LogP contribution in [0.25, 0.3) is 0 Å². The summed E-state index contributed by atoms with van der Waals surface area (Å²) in [6.07, 6.45) is -2.59. The predicted octanol–water partition coefficient (Wildman–Crippen LogP) is 1.77. The summed E-state index contributed by atoms with van der Waals surface area (Å²) in [6.45, 7) is 0. The van der Waals surface area contributed by atoms with E-state index in [1.54, 1.807) is 0 Å². The molecule has 1 aliphatic heterocycles. The quantitative estimate of drug-likeness (QED) is 0.607. The van der Waals surface area contributed by atoms with Crippen molar-refractivity contribution in [3.8, 4) is 0 Å². The second-order valence-electron chi connectivity index (χ2n) is 4.03. The third-order valence-electron chi connectivity index (χ3n) is 2.99. The van der Waals surface area contributed by atoms with Crippen LogP contribution in [0, 0.1) is 11.8 Å². The molecular weight excluding hydrogens is 230 g/mol. The van der Waals surface area contributed by atoms with Crippen LogP contribution in [-0.2, 0) is 8.87 Å². The fourth-order valence-electron chi connectivity index (χ4n) is 2.17. The van der Waals surface area contributed by atoms with Crippen LogP contribution in [0.1, 0.15) is 12.8 Å². The van der Waals surface area contributed by atoms with Crippen LogP contribution in [0.4, 0.5) is 8.78 Å². The molecule has 1 heterocycles. The van der Waals surface area contributed by atoms with E-state index in [0.717, 1.165) is 10.8 Å². The Balaban J connectivity index is 2.09. The zero-order chi connectivity index (χ0) is 10.3. The van der Waals surface area contributed by atoms with Gasteiger partial charge in [-0.05, 0) is 35.5 Å². The molecule has 2 aliphatic rings. The molecule has 2 nitrogen and oxygen atoms in total. The Morgan fingerprint density at radius 2 is 1.64 bits per heavy atom. The highest BCUT2D eigenvalue weighted by Gasteiger charge is 2.42. The maximum Gasteiger partial charge on any atom is 0.201 e. The molecule has 0 spiro atoms. The molecule has 1 aliphatic carbocycles. The van der Waals surface area contributed by atoms with Crippen molar-refractivity contribution in [2.24, 2.45) is 11.8 Å². The summed E-state index contributed by atoms with van der Waals surface area (Å²) in [6, 6.07) is 0. The molecule has 0 amide bonds. The maximum absolute atomic E-state index is 13.0. The molecule has 1 saturated heterocycles. The van der Waals surface area contributed by atoms with Gasteiger partial charge in [0.05, 0.1) is 5.75 Å². The van der Waals surface area contributed by atoms with Crippen LogP contribution in [0.5, 0.6) is 0 Å². The first-order chi connectivity index (χ1) is 6.48. The summed E-state index contributed by atoms with van der Waals surface area (Å²) < 4.78 is 48.5. The van der Waals surface area contributed by atoms with Gasteiger partial charge in [0.15, 0.2) is 0 Å². The fourth-order valence-corrected chi connectivity index (χ4v) is 5.95. The number of fused-ring (bicyclic) bond motifs is 1. The average molecular weight is 242 g/mol. The first-order valence-corrected chi connectivity index (χ1v) is 7.78. The third kappa shape index (κ3) is 2.05. The van der Waals surface area contributed by atoms with Gasteiger partial charge < -0.3 is 0 Å². The minimum Gasteiger partial charge on any atom is -0.244 e. The predicted molar refractivity (Wildman–Crippen MR) is 52.3 cm³/mol. The second-order valence-corrected chi connectivity index (χ2v) is 8.28. The third-order valence-corrected chi connectivity index (χ3v) is 6.65. The van der Waals surface area contributed by atoms with E-state index in [0.29, 0.717) is 5.75 Å². The first kappa shape index (κ1) is 10.7. The molecule has 2 fully saturated rings. The molecule has 0 bridgehead atoms. The Morgan fingerprint density at radius 3 is 2.29 bits per heavy atom. The minimum atomic E-state index is -3.07. The van der Waals surface area contributed by atoms with E-state index in [4.69, 9.17) is 0 Å². The van der Waals surface area contributed by atoms with E-state index < -0.39 is 21.2 Å². The Bertz CT molecular complexity index is 317. The molecule has 0 radical (unpaired) electrons. The zero-order valence-corrected chi connectivity index (χ0v) is 9.16. The Labute approximate surface area is 85.8 Å². The Morgan fingerprint density at radius 1 is 1.07 bits per heavy atom. The van der Waals surface area contributed by atoms with Gasteiger partial charge in [-0.25, -0.2) is 17.2 Å². The Hall–Kier alpha value is 0.160. The van der Waals surface area contributed by atoms with Crippen LogP contribution in [0.3, 0.4) is 0 Å². The van der Waals surface area contributed by atoms with Gasteiger partial charge in [0.1, 0.15) is 12.3 Å². The highest BCUT2D eigenvalue weighted by Crippen LogP contribution is 2.42. The highest BCUT2D eigenvalue weighted by molar-refractivity contribution is 8.72. The van der Waals surface area contributed by atoms with Gasteiger partial charge in [0.25, 0.3) is 0 Å². The molecule has 2 rings (SSSR count). The number of hydrogen-bond acceptors (Lipinski definition) is 3. The molecule has 82 valence electrons. The number of alkyl halides is 2. The number of hydrogen-bond donors (Lipinski definition) is 0. The lowest BCUT2D eigenvalue weighted by Crippen LogP contribution is -2.40. The SMILES string of the molecule is O=S1(=O)C[C@H]2C[C@H](F)[C@@H](F)C[C@@H]2CS1. The number of rotatable bonds is 0. The molecule has 0 unspecified atom stereocenters. The van der Waals surface area contributed by atoms with E-state index in [1.165, 1.54) is 0 Å². The molecular formula is C8H12F2O2S2. The molecule has 1 saturated carbocycles. The van der Waals surface area contributed by atoms with Crippen molar-refractivity contribution in [1.82, 2.24) is 0 Å². The van der Waals surface area contributed by atoms with Crippen molar-refractivity contribution in [1.29, 1.82) is 0 Å². The lowest BCUT2D eigenvalue weighted by molar-refractivity contribution is 0.0649. The van der Waals surface area contributed by atoms with Gasteiger partial charge in [0, 0.05) is 5.75 Å². The van der Waals surface area contributed by atoms with Crippen LogP contribution >= 0.6 is 10.8 Å². The highest BCUT2D eigenvalue weighted by atomic mass is 33.1. The van der Waals surface area contributed by atoms with Crippen molar-refractivity contribution in [3.05, 3.63) is 0 Å². The van der Waals surface area contributed by atoms with Crippen molar-refractivity contribution >= 4 is 19.7 Å². The van der Waals surface area contributed by atoms with Crippen LogP contribution < -0.4 is 0 Å². The van der Waals surface area contributed by atoms with E-state index in [2.05, 4.69) is 0 Å². The maximum atomic E-state index is 13.0. The standard InChI is InChI=1S/C8H12F2O2S2/c9-7-1-5-3-13-14(11,12)4-6(5)2-8(7)10/h5-8H,1-4H2/t5-,6-,7+,8+/m1/s1. The normalized spacial score (nSPS) is 47.0. The fraction of sp³-hybridized carbons (Fsp3) is 1.00. The molecule has 4 atom stereocenters. The van der Waals surface area contributed by atoms with Gasteiger partial charge in [-0.15, -0.1) is 0 Å². The van der Waals surface area contributed by atoms with Crippen LogP contribution in [-0.4, -0.2) is 32.3 Å². The van der Waals surface area contributed by atoms with E-state index in [9.17, 15) is 17.2 Å². The molecule has 14 heavy (non-hydrogen) atoms. The molecule has 6 heteroatoms. The zero-order valence-electron chi connectivity index (χ0n) is 7.53. The van der Waals surface area contributed by atoms with Gasteiger partial charge >= 0.3 is 0 Å². The summed E-state index contributed by atoms with van der Waals surface area (Å²) in [7, 11) is -2.17. The Kier molecular flexibility index (Phi) is 2.76. The van der Waals surface area contributed by atoms with Crippen molar-refractivity contribution < 1.29 is 17.2 Å². The van der Waals surface area contributed by atoms with E-state index in [-0.39, 0.29) is 30.4 Å². The smallest absolute Gasteiger partial charge is 0.201 e. The summed E-state index contributed by atoms with van der Waals surface area (Å²) in [5.41, 5.74) is 0. The largest absolute Gasteiger partial charge is 0.244 e. The first-order valence-electron chi connectivity index (χ1n) is 4.63. The van der Waals surface area contributed by atoms with Gasteiger partial charge in [-0.1, -0.05) is 0 Å². The molecule has 0 N–H and O–H groups in total. The van der Waals surface area contributed by atoms with Crippen molar-refractivity contribution in [3.63, 3.8) is 0 Å². The molecule has 0 aromatic carbocycles. The van der Waals surface area contributed by atoms with E-state index in [1.807, 2.05) is 0 Å². The lowest BCUT2D eigenvalue weighted by atomic mass is 9.79. The summed E-state index contributed by atoms with van der Waals surface area (Å²) in [4.78, 5) is 0. The van der Waals surface area contributed by atoms with Crippen LogP contribution in [0.2, 0.25) is 0 Å². The molecule has 0 aromatic heterocycles. The van der Waals surface area contributed by atoms with Gasteiger partial charge in [-0.3, -0.25) is 0 Å². The van der Waals surface area contributed by atoms with Crippen LogP contribution in [0.15, 0.2) is 0 Å². The average Bonchev–Trinajstić information content (AvgIpc) is 2.07. The van der Waals surface area contributed by atoms with Gasteiger partial charge in [0.2, 0.25) is 8.87 Å². The van der Waals surface area contributed by atoms with Crippen molar-refractivity contribution in [2.45, 2.75) is 25.2 Å². The minimum absolute atomic E-state index is 0.0233. The van der Waals surface area contributed by atoms with E-state index >= 15 is 0 Å². The number of halogens is 2. The summed E-state index contributed by atoms with van der Waals surface area (Å²) >= 11 is 0.